The maximum absolute atomic E-state index is 11.4. The third-order valence-corrected chi connectivity index (χ3v) is 2.95. The molecule has 0 saturated carbocycles. The maximum Gasteiger partial charge on any atom is 0.379 e. The van der Waals surface area contributed by atoms with Crippen LogP contribution in [-0.2, 0) is 20.7 Å². The third kappa shape index (κ3) is 5.83. The second-order valence-corrected chi connectivity index (χ2v) is 4.62. The van der Waals surface area contributed by atoms with E-state index >= 15 is 0 Å². The van der Waals surface area contributed by atoms with Gasteiger partial charge in [-0.25, -0.2) is 4.79 Å². The van der Waals surface area contributed by atoms with Gasteiger partial charge >= 0.3 is 5.97 Å². The van der Waals surface area contributed by atoms with Crippen LogP contribution in [0.2, 0.25) is 0 Å². The molecule has 0 atom stereocenters. The Hall–Kier alpha value is -1.90. The van der Waals surface area contributed by atoms with Crippen molar-refractivity contribution in [2.24, 2.45) is 0 Å². The molecule has 1 rings (SSSR count). The first-order chi connectivity index (χ1) is 9.67. The SMILES string of the molecule is CCCCCc1ccc(/C=C/C(=O)C(=O)OCC)cc1. The predicted molar refractivity (Wildman–Crippen MR) is 80.3 cm³/mol. The van der Waals surface area contributed by atoms with Crippen molar-refractivity contribution in [1.82, 2.24) is 0 Å². The molecule has 20 heavy (non-hydrogen) atoms. The second kappa shape index (κ2) is 9.08. The summed E-state index contributed by atoms with van der Waals surface area (Å²) in [5, 5.41) is 0. The molecule has 1 aromatic rings. The number of benzene rings is 1. The van der Waals surface area contributed by atoms with E-state index in [1.54, 1.807) is 13.0 Å². The van der Waals surface area contributed by atoms with Gasteiger partial charge in [-0.1, -0.05) is 50.1 Å². The van der Waals surface area contributed by atoms with Crippen LogP contribution in [0.4, 0.5) is 0 Å². The average Bonchev–Trinajstić information content (AvgIpc) is 2.46. The summed E-state index contributed by atoms with van der Waals surface area (Å²) in [5.74, 6) is -1.43. The minimum Gasteiger partial charge on any atom is -0.460 e. The van der Waals surface area contributed by atoms with E-state index in [1.807, 2.05) is 12.1 Å². The molecule has 0 radical (unpaired) electrons. The fraction of sp³-hybridized carbons (Fsp3) is 0.412. The molecule has 0 spiro atoms. The normalized spacial score (nSPS) is 10.7. The van der Waals surface area contributed by atoms with E-state index in [0.29, 0.717) is 0 Å². The maximum atomic E-state index is 11.4. The van der Waals surface area contributed by atoms with Crippen LogP contribution in [0.5, 0.6) is 0 Å². The molecule has 108 valence electrons. The summed E-state index contributed by atoms with van der Waals surface area (Å²) in [6.07, 6.45) is 7.64. The van der Waals surface area contributed by atoms with Crippen LogP contribution < -0.4 is 0 Å². The topological polar surface area (TPSA) is 43.4 Å². The van der Waals surface area contributed by atoms with E-state index < -0.39 is 11.8 Å². The molecule has 0 aromatic heterocycles. The standard InChI is InChI=1S/C17H22O3/c1-3-5-6-7-14-8-10-15(11-9-14)12-13-16(18)17(19)20-4-2/h8-13H,3-7H2,1-2H3/b13-12+. The molecule has 0 N–H and O–H groups in total. The van der Waals surface area contributed by atoms with Crippen LogP contribution in [0.25, 0.3) is 6.08 Å². The van der Waals surface area contributed by atoms with Gasteiger partial charge in [0, 0.05) is 0 Å². The Labute approximate surface area is 120 Å². The van der Waals surface area contributed by atoms with Crippen LogP contribution in [0.3, 0.4) is 0 Å². The zero-order chi connectivity index (χ0) is 14.8. The molecule has 0 fully saturated rings. The van der Waals surface area contributed by atoms with Crippen molar-refractivity contribution in [2.75, 3.05) is 6.61 Å². The molecule has 0 heterocycles. The van der Waals surface area contributed by atoms with Gasteiger partial charge in [0.05, 0.1) is 6.61 Å². The Bertz CT molecular complexity index is 458. The number of rotatable bonds is 8. The Morgan fingerprint density at radius 1 is 1.10 bits per heavy atom. The summed E-state index contributed by atoms with van der Waals surface area (Å²) < 4.78 is 4.63. The number of hydrogen-bond acceptors (Lipinski definition) is 3. The molecular formula is C17H22O3. The Kier molecular flexibility index (Phi) is 7.33. The zero-order valence-electron chi connectivity index (χ0n) is 12.2. The summed E-state index contributed by atoms with van der Waals surface area (Å²) in [6.45, 7) is 4.07. The van der Waals surface area contributed by atoms with Gasteiger partial charge in [0.25, 0.3) is 5.78 Å². The number of carbonyl (C=O) groups is 2. The summed E-state index contributed by atoms with van der Waals surface area (Å²) >= 11 is 0. The van der Waals surface area contributed by atoms with Crippen molar-refractivity contribution < 1.29 is 14.3 Å². The Morgan fingerprint density at radius 2 is 1.80 bits per heavy atom. The molecular weight excluding hydrogens is 252 g/mol. The molecule has 0 aliphatic carbocycles. The van der Waals surface area contributed by atoms with E-state index in [1.165, 1.54) is 30.9 Å². The number of carbonyl (C=O) groups excluding carboxylic acids is 2. The van der Waals surface area contributed by atoms with Crippen molar-refractivity contribution in [2.45, 2.75) is 39.5 Å². The second-order valence-electron chi connectivity index (χ2n) is 4.62. The molecule has 0 amide bonds. The van der Waals surface area contributed by atoms with Crippen molar-refractivity contribution in [1.29, 1.82) is 0 Å². The van der Waals surface area contributed by atoms with E-state index in [-0.39, 0.29) is 6.61 Å². The average molecular weight is 274 g/mol. The molecule has 0 aliphatic heterocycles. The zero-order valence-corrected chi connectivity index (χ0v) is 12.2. The highest BCUT2D eigenvalue weighted by molar-refractivity contribution is 6.39. The highest BCUT2D eigenvalue weighted by atomic mass is 16.5. The van der Waals surface area contributed by atoms with Crippen molar-refractivity contribution >= 4 is 17.8 Å². The lowest BCUT2D eigenvalue weighted by atomic mass is 10.1. The number of hydrogen-bond donors (Lipinski definition) is 0. The summed E-state index contributed by atoms with van der Waals surface area (Å²) in [6, 6.07) is 8.03. The first kappa shape index (κ1) is 16.2. The minimum absolute atomic E-state index is 0.213. The van der Waals surface area contributed by atoms with Gasteiger partial charge in [-0.3, -0.25) is 4.79 Å². The third-order valence-electron chi connectivity index (χ3n) is 2.95. The number of unbranched alkanes of at least 4 members (excludes halogenated alkanes) is 2. The molecule has 0 saturated heterocycles. The van der Waals surface area contributed by atoms with Crippen molar-refractivity contribution in [3.05, 3.63) is 41.5 Å². The van der Waals surface area contributed by atoms with Gasteiger partial charge in [-0.05, 0) is 37.0 Å². The number of aryl methyl sites for hydroxylation is 1. The monoisotopic (exact) mass is 274 g/mol. The van der Waals surface area contributed by atoms with Crippen molar-refractivity contribution in [3.8, 4) is 0 Å². The highest BCUT2D eigenvalue weighted by Gasteiger charge is 2.09. The van der Waals surface area contributed by atoms with Gasteiger partial charge in [-0.2, -0.15) is 0 Å². The van der Waals surface area contributed by atoms with Gasteiger partial charge in [0.2, 0.25) is 0 Å². The van der Waals surface area contributed by atoms with Gasteiger partial charge in [0.15, 0.2) is 0 Å². The van der Waals surface area contributed by atoms with Gasteiger partial charge in [0.1, 0.15) is 0 Å². The number of esters is 1. The first-order valence-electron chi connectivity index (χ1n) is 7.15. The summed E-state index contributed by atoms with van der Waals surface area (Å²) in [5.41, 5.74) is 2.20. The largest absolute Gasteiger partial charge is 0.460 e. The minimum atomic E-state index is -0.806. The molecule has 0 bridgehead atoms. The van der Waals surface area contributed by atoms with E-state index in [0.717, 1.165) is 12.0 Å². The highest BCUT2D eigenvalue weighted by Crippen LogP contribution is 2.10. The van der Waals surface area contributed by atoms with Crippen LogP contribution in [0.15, 0.2) is 30.3 Å². The Balaban J connectivity index is 2.52. The lowest BCUT2D eigenvalue weighted by Crippen LogP contribution is -2.14. The van der Waals surface area contributed by atoms with Crippen LogP contribution >= 0.6 is 0 Å². The lowest BCUT2D eigenvalue weighted by Gasteiger charge is -2.01. The fourth-order valence-electron chi connectivity index (χ4n) is 1.82. The summed E-state index contributed by atoms with van der Waals surface area (Å²) in [4.78, 5) is 22.5. The molecule has 0 aliphatic rings. The quantitative estimate of drug-likeness (QED) is 0.315. The van der Waals surface area contributed by atoms with Gasteiger partial charge in [-0.15, -0.1) is 0 Å². The smallest absolute Gasteiger partial charge is 0.379 e. The number of ketones is 1. The molecule has 3 heteroatoms. The van der Waals surface area contributed by atoms with Crippen molar-refractivity contribution in [3.63, 3.8) is 0 Å². The van der Waals surface area contributed by atoms with E-state index in [4.69, 9.17) is 0 Å². The predicted octanol–water partition coefficient (Wildman–Crippen LogP) is 3.56. The molecule has 3 nitrogen and oxygen atoms in total. The molecule has 1 aromatic carbocycles. The number of ether oxygens (including phenoxy) is 1. The Morgan fingerprint density at radius 3 is 2.40 bits per heavy atom. The van der Waals surface area contributed by atoms with Crippen LogP contribution in [0.1, 0.15) is 44.2 Å². The van der Waals surface area contributed by atoms with E-state index in [2.05, 4.69) is 23.8 Å². The van der Waals surface area contributed by atoms with E-state index in [9.17, 15) is 9.59 Å². The fourth-order valence-corrected chi connectivity index (χ4v) is 1.82. The van der Waals surface area contributed by atoms with Crippen LogP contribution in [0, 0.1) is 0 Å². The summed E-state index contributed by atoms with van der Waals surface area (Å²) in [7, 11) is 0. The van der Waals surface area contributed by atoms with Crippen LogP contribution in [-0.4, -0.2) is 18.4 Å². The van der Waals surface area contributed by atoms with Gasteiger partial charge < -0.3 is 4.74 Å². The lowest BCUT2D eigenvalue weighted by molar-refractivity contribution is -0.151. The molecule has 0 unspecified atom stereocenters. The first-order valence-corrected chi connectivity index (χ1v) is 7.15.